The number of carboxylic acid groups (broad SMARTS) is 1. The van der Waals surface area contributed by atoms with Gasteiger partial charge >= 0.3 is 12.1 Å². The molecule has 0 heterocycles. The van der Waals surface area contributed by atoms with Crippen LogP contribution in [0, 0.1) is 0 Å². The third kappa shape index (κ3) is 6.96. The molecule has 0 saturated carbocycles. The van der Waals surface area contributed by atoms with E-state index < -0.39 is 24.3 Å². The Labute approximate surface area is 196 Å². The van der Waals surface area contributed by atoms with Gasteiger partial charge in [-0.1, -0.05) is 30.3 Å². The molecule has 0 bridgehead atoms. The molecule has 174 valence electrons. The van der Waals surface area contributed by atoms with Gasteiger partial charge in [0.05, 0.1) is 0 Å². The fourth-order valence-electron chi connectivity index (χ4n) is 3.08. The first-order chi connectivity index (χ1) is 16.3. The average Bonchev–Trinajstić information content (AvgIpc) is 2.82. The normalized spacial score (nSPS) is 12.5. The molecule has 0 saturated heterocycles. The van der Waals surface area contributed by atoms with Crippen molar-refractivity contribution in [2.45, 2.75) is 19.1 Å². The predicted molar refractivity (Wildman–Crippen MR) is 125 cm³/mol. The van der Waals surface area contributed by atoms with Gasteiger partial charge in [-0.3, -0.25) is 10.1 Å². The van der Waals surface area contributed by atoms with Crippen molar-refractivity contribution in [3.8, 4) is 11.5 Å². The molecule has 1 amide bonds. The van der Waals surface area contributed by atoms with E-state index in [1.807, 2.05) is 0 Å². The second-order valence-corrected chi connectivity index (χ2v) is 7.27. The van der Waals surface area contributed by atoms with Crippen LogP contribution in [-0.4, -0.2) is 34.2 Å². The molecule has 0 fully saturated rings. The van der Waals surface area contributed by atoms with Crippen LogP contribution in [0.4, 0.5) is 10.5 Å². The number of ketones is 1. The van der Waals surface area contributed by atoms with Crippen molar-refractivity contribution >= 4 is 23.5 Å². The second kappa shape index (κ2) is 11.3. The Morgan fingerprint density at radius 2 is 1.56 bits per heavy atom. The summed E-state index contributed by atoms with van der Waals surface area (Å²) in [5.74, 6) is -0.844. The van der Waals surface area contributed by atoms with Gasteiger partial charge in [-0.2, -0.15) is 0 Å². The van der Waals surface area contributed by atoms with Crippen LogP contribution in [0.5, 0.6) is 11.5 Å². The van der Waals surface area contributed by atoms with Crippen molar-refractivity contribution in [2.75, 3.05) is 5.32 Å². The minimum absolute atomic E-state index is 0.0131. The number of rotatable bonds is 9. The molecule has 3 rings (SSSR count). The monoisotopic (exact) mass is 461 g/mol. The summed E-state index contributed by atoms with van der Waals surface area (Å²) in [5.41, 5.74) is 1.37. The molecule has 0 radical (unpaired) electrons. The van der Waals surface area contributed by atoms with Gasteiger partial charge < -0.3 is 19.7 Å². The molecule has 8 heteroatoms. The lowest BCUT2D eigenvalue weighted by atomic mass is 10.0. The number of amides is 1. The van der Waals surface area contributed by atoms with E-state index in [1.54, 1.807) is 66.7 Å². The Morgan fingerprint density at radius 1 is 0.912 bits per heavy atom. The first-order valence-electron chi connectivity index (χ1n) is 10.3. The number of aliphatic carboxylic acids is 1. The third-order valence-electron chi connectivity index (χ3n) is 4.74. The number of aromatic hydroxyl groups is 1. The van der Waals surface area contributed by atoms with Crippen LogP contribution in [0.2, 0.25) is 0 Å². The summed E-state index contributed by atoms with van der Waals surface area (Å²) in [4.78, 5) is 35.4. The van der Waals surface area contributed by atoms with Crippen molar-refractivity contribution in [1.29, 1.82) is 0 Å². The van der Waals surface area contributed by atoms with Crippen LogP contribution in [-0.2, 0) is 9.53 Å². The summed E-state index contributed by atoms with van der Waals surface area (Å²) >= 11 is 0. The zero-order valence-corrected chi connectivity index (χ0v) is 18.3. The van der Waals surface area contributed by atoms with E-state index in [2.05, 4.69) is 5.32 Å². The second-order valence-electron chi connectivity index (χ2n) is 7.27. The topological polar surface area (TPSA) is 122 Å². The summed E-state index contributed by atoms with van der Waals surface area (Å²) in [7, 11) is 0. The fraction of sp³-hybridized carbons (Fsp3) is 0.115. The number of anilines is 1. The van der Waals surface area contributed by atoms with Crippen LogP contribution in [0.15, 0.2) is 91.0 Å². The Bertz CT molecular complexity index is 1160. The Morgan fingerprint density at radius 3 is 2.15 bits per heavy atom. The van der Waals surface area contributed by atoms with Crippen molar-refractivity contribution < 1.29 is 34.1 Å². The number of para-hydroxylation sites is 1. The Hall–Kier alpha value is -4.59. The molecule has 3 aromatic carbocycles. The van der Waals surface area contributed by atoms with Crippen molar-refractivity contribution in [1.82, 2.24) is 0 Å². The zero-order chi connectivity index (χ0) is 24.5. The summed E-state index contributed by atoms with van der Waals surface area (Å²) in [6.45, 7) is 1.44. The molecule has 0 spiro atoms. The number of hydrogen-bond acceptors (Lipinski definition) is 6. The van der Waals surface area contributed by atoms with Crippen LogP contribution in [0.25, 0.3) is 0 Å². The number of phenols is 1. The predicted octanol–water partition coefficient (Wildman–Crippen LogP) is 4.97. The molecule has 0 aliphatic heterocycles. The van der Waals surface area contributed by atoms with Gasteiger partial charge in [0.25, 0.3) is 0 Å². The number of carbonyl (C=O) groups is 3. The van der Waals surface area contributed by atoms with Crippen molar-refractivity contribution in [3.05, 3.63) is 102 Å². The average molecular weight is 461 g/mol. The van der Waals surface area contributed by atoms with E-state index in [4.69, 9.17) is 14.6 Å². The van der Waals surface area contributed by atoms with Gasteiger partial charge in [0.1, 0.15) is 11.5 Å². The van der Waals surface area contributed by atoms with Gasteiger partial charge in [-0.25, -0.2) is 9.59 Å². The fourth-order valence-corrected chi connectivity index (χ4v) is 3.08. The quantitative estimate of drug-likeness (QED) is 0.304. The zero-order valence-electron chi connectivity index (χ0n) is 18.3. The van der Waals surface area contributed by atoms with Crippen LogP contribution in [0.1, 0.15) is 28.9 Å². The van der Waals surface area contributed by atoms with Crippen molar-refractivity contribution in [2.24, 2.45) is 0 Å². The van der Waals surface area contributed by atoms with E-state index in [-0.39, 0.29) is 11.5 Å². The number of phenolic OH excluding ortho intramolecular Hbond substituents is 1. The van der Waals surface area contributed by atoms with Gasteiger partial charge in [-0.15, -0.1) is 0 Å². The highest BCUT2D eigenvalue weighted by atomic mass is 16.6. The first kappa shape index (κ1) is 24.1. The molecule has 0 aromatic heterocycles. The van der Waals surface area contributed by atoms with Gasteiger partial charge in [0.15, 0.2) is 18.0 Å². The lowest BCUT2D eigenvalue weighted by molar-refractivity contribution is -0.131. The van der Waals surface area contributed by atoms with Crippen molar-refractivity contribution in [3.63, 3.8) is 0 Å². The maximum absolute atomic E-state index is 12.7. The molecule has 3 aromatic rings. The standard InChI is InChI=1S/C26H23NO7/c1-17(28)18-7-11-20(12-8-18)27-26(32)34-25(19-9-13-21(29)14-10-19)23(15-16-24(30)31)33-22-5-3-2-4-6-22/h2-16,23,25,29H,1H3,(H,27,32)(H,30,31)/b16-15+/t23-,25-/m0/s1. The number of benzene rings is 3. The van der Waals surface area contributed by atoms with Crippen LogP contribution >= 0.6 is 0 Å². The van der Waals surface area contributed by atoms with E-state index in [9.17, 15) is 19.5 Å². The Balaban J connectivity index is 1.88. The smallest absolute Gasteiger partial charge is 0.412 e. The summed E-state index contributed by atoms with van der Waals surface area (Å²) < 4.78 is 11.6. The van der Waals surface area contributed by atoms with Crippen LogP contribution in [0.3, 0.4) is 0 Å². The van der Waals surface area contributed by atoms with Crippen LogP contribution < -0.4 is 10.1 Å². The molecular weight excluding hydrogens is 438 g/mol. The molecule has 2 atom stereocenters. The molecule has 0 aliphatic carbocycles. The van der Waals surface area contributed by atoms with Gasteiger partial charge in [-0.05, 0) is 67.1 Å². The minimum Gasteiger partial charge on any atom is -0.508 e. The molecule has 34 heavy (non-hydrogen) atoms. The number of carbonyl (C=O) groups excluding carboxylic acids is 2. The maximum atomic E-state index is 12.7. The highest BCUT2D eigenvalue weighted by Gasteiger charge is 2.28. The minimum atomic E-state index is -1.19. The maximum Gasteiger partial charge on any atom is 0.412 e. The van der Waals surface area contributed by atoms with E-state index in [1.165, 1.54) is 25.1 Å². The van der Waals surface area contributed by atoms with Gasteiger partial charge in [0, 0.05) is 17.3 Å². The Kier molecular flexibility index (Phi) is 8.02. The number of nitrogens with one attached hydrogen (secondary N) is 1. The van der Waals surface area contributed by atoms with E-state index in [0.29, 0.717) is 22.6 Å². The molecule has 8 nitrogen and oxygen atoms in total. The number of hydrogen-bond donors (Lipinski definition) is 3. The molecule has 3 N–H and O–H groups in total. The molecule has 0 aliphatic rings. The van der Waals surface area contributed by atoms with E-state index in [0.717, 1.165) is 6.08 Å². The summed E-state index contributed by atoms with van der Waals surface area (Å²) in [6, 6.07) is 20.9. The number of ether oxygens (including phenoxy) is 2. The highest BCUT2D eigenvalue weighted by molar-refractivity contribution is 5.95. The third-order valence-corrected chi connectivity index (χ3v) is 4.74. The summed E-state index contributed by atoms with van der Waals surface area (Å²) in [6.07, 6.45) is -0.703. The number of Topliss-reactive ketones (excluding diaryl/α,β-unsaturated/α-hetero) is 1. The summed E-state index contributed by atoms with van der Waals surface area (Å²) in [5, 5.41) is 21.4. The van der Waals surface area contributed by atoms with Gasteiger partial charge in [0.2, 0.25) is 0 Å². The SMILES string of the molecule is CC(=O)c1ccc(NC(=O)O[C@@H](c2ccc(O)cc2)[C@H](/C=C/C(=O)O)Oc2ccccc2)cc1. The molecular formula is C26H23NO7. The molecule has 0 unspecified atom stereocenters. The largest absolute Gasteiger partial charge is 0.508 e. The van der Waals surface area contributed by atoms with E-state index >= 15 is 0 Å². The number of carboxylic acids is 1. The highest BCUT2D eigenvalue weighted by Crippen LogP contribution is 2.28. The lowest BCUT2D eigenvalue weighted by Crippen LogP contribution is -2.29. The lowest BCUT2D eigenvalue weighted by Gasteiger charge is -2.26. The first-order valence-corrected chi connectivity index (χ1v) is 10.3.